The summed E-state index contributed by atoms with van der Waals surface area (Å²) in [5, 5.41) is 3.53. The van der Waals surface area contributed by atoms with Crippen LogP contribution < -0.4 is 14.8 Å². The second-order valence-electron chi connectivity index (χ2n) is 5.21. The Labute approximate surface area is 126 Å². The van der Waals surface area contributed by atoms with Gasteiger partial charge in [0, 0.05) is 12.6 Å². The average molecular weight is 285 g/mol. The Morgan fingerprint density at radius 1 is 1.00 bits per heavy atom. The molecule has 21 heavy (non-hydrogen) atoms. The van der Waals surface area contributed by atoms with E-state index in [1.807, 2.05) is 12.1 Å². The summed E-state index contributed by atoms with van der Waals surface area (Å²) < 4.78 is 10.6. The molecule has 0 radical (unpaired) electrons. The highest BCUT2D eigenvalue weighted by Crippen LogP contribution is 2.29. The molecule has 112 valence electrons. The Morgan fingerprint density at radius 3 is 2.43 bits per heavy atom. The van der Waals surface area contributed by atoms with Crippen molar-refractivity contribution in [3.05, 3.63) is 59.2 Å². The molecule has 0 amide bonds. The minimum atomic E-state index is 0.241. The quantitative estimate of drug-likeness (QED) is 0.874. The smallest absolute Gasteiger partial charge is 0.161 e. The molecule has 0 aliphatic carbocycles. The first-order valence-corrected chi connectivity index (χ1v) is 7.15. The first-order valence-electron chi connectivity index (χ1n) is 7.15. The molecule has 0 aliphatic rings. The molecule has 0 spiro atoms. The summed E-state index contributed by atoms with van der Waals surface area (Å²) in [7, 11) is 3.31. The molecule has 0 aliphatic heterocycles. The highest BCUT2D eigenvalue weighted by atomic mass is 16.5. The first kappa shape index (κ1) is 15.4. The number of hydrogen-bond donors (Lipinski definition) is 1. The number of ether oxygens (including phenoxy) is 2. The highest BCUT2D eigenvalue weighted by molar-refractivity contribution is 5.43. The van der Waals surface area contributed by atoms with E-state index in [1.54, 1.807) is 14.2 Å². The van der Waals surface area contributed by atoms with Gasteiger partial charge in [0.15, 0.2) is 11.5 Å². The fourth-order valence-corrected chi connectivity index (χ4v) is 2.33. The summed E-state index contributed by atoms with van der Waals surface area (Å²) in [4.78, 5) is 0. The van der Waals surface area contributed by atoms with Gasteiger partial charge in [0.25, 0.3) is 0 Å². The van der Waals surface area contributed by atoms with Gasteiger partial charge >= 0.3 is 0 Å². The topological polar surface area (TPSA) is 30.5 Å². The van der Waals surface area contributed by atoms with E-state index in [0.29, 0.717) is 0 Å². The Balaban J connectivity index is 2.04. The van der Waals surface area contributed by atoms with Crippen LogP contribution >= 0.6 is 0 Å². The van der Waals surface area contributed by atoms with Crippen LogP contribution in [0.2, 0.25) is 0 Å². The van der Waals surface area contributed by atoms with Crippen molar-refractivity contribution in [1.82, 2.24) is 5.32 Å². The summed E-state index contributed by atoms with van der Waals surface area (Å²) in [6.45, 7) is 5.11. The predicted molar refractivity (Wildman–Crippen MR) is 86.0 cm³/mol. The lowest BCUT2D eigenvalue weighted by Gasteiger charge is -2.16. The van der Waals surface area contributed by atoms with Crippen molar-refractivity contribution in [1.29, 1.82) is 0 Å². The van der Waals surface area contributed by atoms with E-state index in [4.69, 9.17) is 9.47 Å². The molecule has 2 aromatic rings. The van der Waals surface area contributed by atoms with E-state index >= 15 is 0 Å². The Bertz CT molecular complexity index is 596. The molecule has 1 unspecified atom stereocenters. The van der Waals surface area contributed by atoms with Crippen LogP contribution in [0.25, 0.3) is 0 Å². The summed E-state index contributed by atoms with van der Waals surface area (Å²) in [6, 6.07) is 14.8. The zero-order valence-electron chi connectivity index (χ0n) is 13.1. The standard InChI is InChI=1S/C18H23NO2/c1-13-6-5-7-15(10-13)12-19-14(2)16-8-9-17(20-3)18(11-16)21-4/h5-11,14,19H,12H2,1-4H3. The van der Waals surface area contributed by atoms with Crippen molar-refractivity contribution in [2.75, 3.05) is 14.2 Å². The van der Waals surface area contributed by atoms with Gasteiger partial charge in [-0.25, -0.2) is 0 Å². The maximum atomic E-state index is 5.35. The minimum Gasteiger partial charge on any atom is -0.493 e. The summed E-state index contributed by atoms with van der Waals surface area (Å²) in [5.41, 5.74) is 3.76. The largest absolute Gasteiger partial charge is 0.493 e. The maximum absolute atomic E-state index is 5.35. The van der Waals surface area contributed by atoms with E-state index in [2.05, 4.69) is 49.5 Å². The van der Waals surface area contributed by atoms with Crippen molar-refractivity contribution in [2.24, 2.45) is 0 Å². The highest BCUT2D eigenvalue weighted by Gasteiger charge is 2.09. The number of rotatable bonds is 6. The average Bonchev–Trinajstić information content (AvgIpc) is 2.52. The number of aryl methyl sites for hydroxylation is 1. The third-order valence-corrected chi connectivity index (χ3v) is 3.60. The molecule has 0 saturated heterocycles. The molecule has 3 nitrogen and oxygen atoms in total. The number of methoxy groups -OCH3 is 2. The molecule has 0 bridgehead atoms. The zero-order valence-corrected chi connectivity index (χ0v) is 13.1. The van der Waals surface area contributed by atoms with Gasteiger partial charge in [-0.3, -0.25) is 0 Å². The molecule has 1 N–H and O–H groups in total. The number of hydrogen-bond acceptors (Lipinski definition) is 3. The van der Waals surface area contributed by atoms with Crippen LogP contribution in [0.4, 0.5) is 0 Å². The number of nitrogens with one attached hydrogen (secondary N) is 1. The molecular weight excluding hydrogens is 262 g/mol. The van der Waals surface area contributed by atoms with Crippen LogP contribution in [0, 0.1) is 6.92 Å². The van der Waals surface area contributed by atoms with Crippen LogP contribution in [0.5, 0.6) is 11.5 Å². The van der Waals surface area contributed by atoms with Crippen LogP contribution in [-0.4, -0.2) is 14.2 Å². The van der Waals surface area contributed by atoms with Crippen LogP contribution in [0.1, 0.15) is 29.7 Å². The van der Waals surface area contributed by atoms with E-state index in [9.17, 15) is 0 Å². The fraction of sp³-hybridized carbons (Fsp3) is 0.333. The molecule has 2 aromatic carbocycles. The van der Waals surface area contributed by atoms with Gasteiger partial charge < -0.3 is 14.8 Å². The molecule has 1 atom stereocenters. The van der Waals surface area contributed by atoms with Crippen molar-refractivity contribution in [2.45, 2.75) is 26.4 Å². The SMILES string of the molecule is COc1ccc(C(C)NCc2cccc(C)c2)cc1OC. The van der Waals surface area contributed by atoms with E-state index in [-0.39, 0.29) is 6.04 Å². The van der Waals surface area contributed by atoms with Crippen LogP contribution in [-0.2, 0) is 6.54 Å². The molecule has 0 aromatic heterocycles. The molecular formula is C18H23NO2. The van der Waals surface area contributed by atoms with Crippen molar-refractivity contribution in [3.63, 3.8) is 0 Å². The Hall–Kier alpha value is -2.00. The molecule has 2 rings (SSSR count). The maximum Gasteiger partial charge on any atom is 0.161 e. The Morgan fingerprint density at radius 2 is 1.76 bits per heavy atom. The minimum absolute atomic E-state index is 0.241. The van der Waals surface area contributed by atoms with Gasteiger partial charge in [-0.15, -0.1) is 0 Å². The first-order chi connectivity index (χ1) is 10.1. The van der Waals surface area contributed by atoms with Crippen molar-refractivity contribution < 1.29 is 9.47 Å². The van der Waals surface area contributed by atoms with Gasteiger partial charge in [-0.2, -0.15) is 0 Å². The lowest BCUT2D eigenvalue weighted by Crippen LogP contribution is -2.18. The normalized spacial score (nSPS) is 12.0. The molecule has 0 fully saturated rings. The van der Waals surface area contributed by atoms with E-state index in [0.717, 1.165) is 18.0 Å². The zero-order chi connectivity index (χ0) is 15.2. The third-order valence-electron chi connectivity index (χ3n) is 3.60. The van der Waals surface area contributed by atoms with E-state index < -0.39 is 0 Å². The molecule has 0 saturated carbocycles. The van der Waals surface area contributed by atoms with Gasteiger partial charge in [0.1, 0.15) is 0 Å². The van der Waals surface area contributed by atoms with Gasteiger partial charge in [-0.1, -0.05) is 35.9 Å². The summed E-state index contributed by atoms with van der Waals surface area (Å²) in [5.74, 6) is 1.52. The fourth-order valence-electron chi connectivity index (χ4n) is 2.33. The lowest BCUT2D eigenvalue weighted by atomic mass is 10.1. The van der Waals surface area contributed by atoms with Gasteiger partial charge in [0.2, 0.25) is 0 Å². The van der Waals surface area contributed by atoms with Gasteiger partial charge in [0.05, 0.1) is 14.2 Å². The second kappa shape index (κ2) is 7.14. The van der Waals surface area contributed by atoms with Crippen LogP contribution in [0.15, 0.2) is 42.5 Å². The predicted octanol–water partition coefficient (Wildman–Crippen LogP) is 3.86. The monoisotopic (exact) mass is 285 g/mol. The van der Waals surface area contributed by atoms with E-state index in [1.165, 1.54) is 16.7 Å². The Kier molecular flexibility index (Phi) is 5.23. The third kappa shape index (κ3) is 3.99. The summed E-state index contributed by atoms with van der Waals surface area (Å²) >= 11 is 0. The van der Waals surface area contributed by atoms with Crippen molar-refractivity contribution >= 4 is 0 Å². The summed E-state index contributed by atoms with van der Waals surface area (Å²) in [6.07, 6.45) is 0. The molecule has 0 heterocycles. The lowest BCUT2D eigenvalue weighted by molar-refractivity contribution is 0.354. The number of benzene rings is 2. The molecule has 3 heteroatoms. The van der Waals surface area contributed by atoms with Crippen LogP contribution in [0.3, 0.4) is 0 Å². The van der Waals surface area contributed by atoms with Crippen molar-refractivity contribution in [3.8, 4) is 11.5 Å². The van der Waals surface area contributed by atoms with Gasteiger partial charge in [-0.05, 0) is 37.1 Å². The second-order valence-corrected chi connectivity index (χ2v) is 5.21.